The number of halogens is 3. The van der Waals surface area contributed by atoms with E-state index in [0.717, 1.165) is 0 Å². The standard InChI is InChI=1S/C23H22F3N3O4/c1-13(16-7-9-17(10-8-16)22(31)32)27-20(30)19-14(2)28-29(3)21(19)33-18-6-4-5-15(11-18)12-23(24,25)26/h4-11,13H,12H2,1-3H3,(H,27,30)(H,31,32)/t13-/m0/s1. The highest BCUT2D eigenvalue weighted by atomic mass is 19.4. The predicted octanol–water partition coefficient (Wildman–Crippen LogP) is 4.81. The fourth-order valence-electron chi connectivity index (χ4n) is 3.34. The summed E-state index contributed by atoms with van der Waals surface area (Å²) in [7, 11) is 1.56. The van der Waals surface area contributed by atoms with Crippen molar-refractivity contribution in [2.24, 2.45) is 7.05 Å². The van der Waals surface area contributed by atoms with Crippen LogP contribution in [0.25, 0.3) is 0 Å². The molecule has 0 aliphatic heterocycles. The van der Waals surface area contributed by atoms with Crippen molar-refractivity contribution in [1.82, 2.24) is 15.1 Å². The van der Waals surface area contributed by atoms with Crippen molar-refractivity contribution < 1.29 is 32.6 Å². The summed E-state index contributed by atoms with van der Waals surface area (Å²) < 4.78 is 45.3. The second kappa shape index (κ2) is 9.35. The molecule has 0 bridgehead atoms. The van der Waals surface area contributed by atoms with Gasteiger partial charge < -0.3 is 15.2 Å². The number of aromatic nitrogens is 2. The van der Waals surface area contributed by atoms with Gasteiger partial charge in [-0.1, -0.05) is 24.3 Å². The number of aromatic carboxylic acids is 1. The van der Waals surface area contributed by atoms with Crippen molar-refractivity contribution in [3.8, 4) is 11.6 Å². The lowest BCUT2D eigenvalue weighted by molar-refractivity contribution is -0.127. The van der Waals surface area contributed by atoms with Gasteiger partial charge in [0.2, 0.25) is 5.88 Å². The number of amides is 1. The second-order valence-corrected chi connectivity index (χ2v) is 7.55. The Labute approximate surface area is 187 Å². The number of carboxylic acids is 1. The normalized spacial score (nSPS) is 12.3. The molecule has 0 saturated carbocycles. The minimum Gasteiger partial charge on any atom is -0.478 e. The molecule has 0 aliphatic carbocycles. The van der Waals surface area contributed by atoms with Gasteiger partial charge in [0.1, 0.15) is 11.3 Å². The highest BCUT2D eigenvalue weighted by Crippen LogP contribution is 2.30. The van der Waals surface area contributed by atoms with Crippen LogP contribution < -0.4 is 10.1 Å². The molecule has 2 N–H and O–H groups in total. The third kappa shape index (κ3) is 5.91. The number of hydrogen-bond donors (Lipinski definition) is 2. The van der Waals surface area contributed by atoms with E-state index in [1.165, 1.54) is 41.1 Å². The summed E-state index contributed by atoms with van der Waals surface area (Å²) in [6, 6.07) is 11.2. The molecule has 1 amide bonds. The highest BCUT2D eigenvalue weighted by Gasteiger charge is 2.28. The first kappa shape index (κ1) is 23.8. The lowest BCUT2D eigenvalue weighted by Crippen LogP contribution is -2.27. The maximum Gasteiger partial charge on any atom is 0.393 e. The van der Waals surface area contributed by atoms with E-state index in [0.29, 0.717) is 11.3 Å². The Bertz CT molecular complexity index is 1170. The van der Waals surface area contributed by atoms with E-state index < -0.39 is 30.5 Å². The van der Waals surface area contributed by atoms with Gasteiger partial charge in [-0.05, 0) is 49.2 Å². The molecule has 1 heterocycles. The predicted molar refractivity (Wildman–Crippen MR) is 114 cm³/mol. The van der Waals surface area contributed by atoms with Crippen LogP contribution in [0.2, 0.25) is 0 Å². The monoisotopic (exact) mass is 461 g/mol. The third-order valence-electron chi connectivity index (χ3n) is 4.92. The smallest absolute Gasteiger partial charge is 0.393 e. The van der Waals surface area contributed by atoms with Crippen molar-refractivity contribution in [3.63, 3.8) is 0 Å². The van der Waals surface area contributed by atoms with Gasteiger partial charge in [0, 0.05) is 7.05 Å². The number of nitrogens with zero attached hydrogens (tertiary/aromatic N) is 2. The number of carbonyl (C=O) groups excluding carboxylic acids is 1. The summed E-state index contributed by atoms with van der Waals surface area (Å²) in [6.45, 7) is 3.36. The van der Waals surface area contributed by atoms with Gasteiger partial charge in [-0.2, -0.15) is 18.3 Å². The van der Waals surface area contributed by atoms with Gasteiger partial charge in [0.25, 0.3) is 5.91 Å². The second-order valence-electron chi connectivity index (χ2n) is 7.55. The van der Waals surface area contributed by atoms with Gasteiger partial charge in [0.15, 0.2) is 0 Å². The number of ether oxygens (including phenoxy) is 1. The fraction of sp³-hybridized carbons (Fsp3) is 0.261. The van der Waals surface area contributed by atoms with Crippen LogP contribution in [0.5, 0.6) is 11.6 Å². The number of rotatable bonds is 7. The first-order valence-corrected chi connectivity index (χ1v) is 9.96. The number of aryl methyl sites for hydroxylation is 2. The molecule has 3 aromatic rings. The molecule has 1 aromatic heterocycles. The molecule has 7 nitrogen and oxygen atoms in total. The summed E-state index contributed by atoms with van der Waals surface area (Å²) in [6.07, 6.45) is -5.45. The van der Waals surface area contributed by atoms with E-state index in [1.54, 1.807) is 33.0 Å². The topological polar surface area (TPSA) is 93.5 Å². The number of carbonyl (C=O) groups is 2. The van der Waals surface area contributed by atoms with Crippen molar-refractivity contribution in [3.05, 3.63) is 76.5 Å². The molecular weight excluding hydrogens is 439 g/mol. The van der Waals surface area contributed by atoms with Gasteiger partial charge in [0.05, 0.1) is 23.7 Å². The van der Waals surface area contributed by atoms with Crippen LogP contribution in [-0.2, 0) is 13.5 Å². The zero-order valence-electron chi connectivity index (χ0n) is 18.1. The Kier molecular flexibility index (Phi) is 6.75. The van der Waals surface area contributed by atoms with E-state index >= 15 is 0 Å². The van der Waals surface area contributed by atoms with E-state index in [2.05, 4.69) is 10.4 Å². The zero-order chi connectivity index (χ0) is 24.3. The van der Waals surface area contributed by atoms with E-state index in [4.69, 9.17) is 9.84 Å². The zero-order valence-corrected chi connectivity index (χ0v) is 18.1. The Morgan fingerprint density at radius 1 is 1.18 bits per heavy atom. The molecule has 2 aromatic carbocycles. The minimum atomic E-state index is -4.36. The quantitative estimate of drug-likeness (QED) is 0.527. The van der Waals surface area contributed by atoms with Gasteiger partial charge in [-0.15, -0.1) is 0 Å². The number of alkyl halides is 3. The average molecular weight is 461 g/mol. The minimum absolute atomic E-state index is 0.0309. The van der Waals surface area contributed by atoms with E-state index in [9.17, 15) is 22.8 Å². The highest BCUT2D eigenvalue weighted by molar-refractivity contribution is 5.98. The molecule has 1 atom stereocenters. The van der Waals surface area contributed by atoms with Crippen LogP contribution in [0.3, 0.4) is 0 Å². The molecule has 0 saturated heterocycles. The molecule has 3 rings (SSSR count). The van der Waals surface area contributed by atoms with Crippen molar-refractivity contribution in [2.45, 2.75) is 32.5 Å². The number of hydrogen-bond acceptors (Lipinski definition) is 4. The fourth-order valence-corrected chi connectivity index (χ4v) is 3.34. The molecule has 33 heavy (non-hydrogen) atoms. The van der Waals surface area contributed by atoms with Crippen LogP contribution in [-0.4, -0.2) is 32.9 Å². The van der Waals surface area contributed by atoms with Crippen LogP contribution in [0.4, 0.5) is 13.2 Å². The summed E-state index contributed by atoms with van der Waals surface area (Å²) in [5.74, 6) is -1.31. The van der Waals surface area contributed by atoms with Gasteiger partial charge in [-0.3, -0.25) is 4.79 Å². The molecule has 174 valence electrons. The van der Waals surface area contributed by atoms with Crippen LogP contribution in [0, 0.1) is 6.92 Å². The molecule has 0 spiro atoms. The Morgan fingerprint density at radius 2 is 1.85 bits per heavy atom. The molecule has 0 unspecified atom stereocenters. The van der Waals surface area contributed by atoms with Crippen LogP contribution in [0.15, 0.2) is 48.5 Å². The summed E-state index contributed by atoms with van der Waals surface area (Å²) in [4.78, 5) is 24.0. The molecule has 0 aliphatic rings. The Hall–Kier alpha value is -3.82. The molecule has 0 fully saturated rings. The number of carboxylic acid groups (broad SMARTS) is 1. The Morgan fingerprint density at radius 3 is 2.45 bits per heavy atom. The summed E-state index contributed by atoms with van der Waals surface area (Å²) >= 11 is 0. The van der Waals surface area contributed by atoms with Crippen LogP contribution >= 0.6 is 0 Å². The molecular formula is C23H22F3N3O4. The first-order valence-electron chi connectivity index (χ1n) is 9.96. The van der Waals surface area contributed by atoms with Crippen LogP contribution in [0.1, 0.15) is 50.5 Å². The summed E-state index contributed by atoms with van der Waals surface area (Å²) in [5, 5.41) is 16.0. The maximum atomic E-state index is 13.0. The van der Waals surface area contributed by atoms with Crippen molar-refractivity contribution >= 4 is 11.9 Å². The third-order valence-corrected chi connectivity index (χ3v) is 4.92. The molecule has 0 radical (unpaired) electrons. The number of nitrogens with one attached hydrogen (secondary N) is 1. The van der Waals surface area contributed by atoms with E-state index in [1.807, 2.05) is 0 Å². The lowest BCUT2D eigenvalue weighted by Gasteiger charge is -2.16. The van der Waals surface area contributed by atoms with Gasteiger partial charge in [-0.25, -0.2) is 9.48 Å². The number of benzene rings is 2. The molecule has 10 heteroatoms. The Balaban J connectivity index is 1.81. The lowest BCUT2D eigenvalue weighted by atomic mass is 10.1. The average Bonchev–Trinajstić information content (AvgIpc) is 2.99. The maximum absolute atomic E-state index is 13.0. The first-order chi connectivity index (χ1) is 15.4. The van der Waals surface area contributed by atoms with E-state index in [-0.39, 0.29) is 28.3 Å². The van der Waals surface area contributed by atoms with Crippen molar-refractivity contribution in [2.75, 3.05) is 0 Å². The van der Waals surface area contributed by atoms with Crippen molar-refractivity contribution in [1.29, 1.82) is 0 Å². The SMILES string of the molecule is Cc1nn(C)c(Oc2cccc(CC(F)(F)F)c2)c1C(=O)N[C@@H](C)c1ccc(C(=O)O)cc1. The largest absolute Gasteiger partial charge is 0.478 e. The summed E-state index contributed by atoms with van der Waals surface area (Å²) in [5.41, 5.74) is 1.38. The van der Waals surface area contributed by atoms with Gasteiger partial charge >= 0.3 is 12.1 Å².